The number of hydrogen-bond donors (Lipinski definition) is 3. The maximum absolute atomic E-state index is 11.2. The van der Waals surface area contributed by atoms with Crippen LogP contribution in [0.1, 0.15) is 5.56 Å². The molecule has 0 aromatic heterocycles. The van der Waals surface area contributed by atoms with Crippen LogP contribution < -0.4 is 16.6 Å². The molecule has 0 saturated carbocycles. The second-order valence-corrected chi connectivity index (χ2v) is 4.60. The highest BCUT2D eigenvalue weighted by Crippen LogP contribution is 2.34. The van der Waals surface area contributed by atoms with Gasteiger partial charge in [0, 0.05) is 10.7 Å². The molecule has 0 radical (unpaired) electrons. The number of nitro groups is 1. The number of hydrazine groups is 1. The Morgan fingerprint density at radius 3 is 2.55 bits per heavy atom. The van der Waals surface area contributed by atoms with Gasteiger partial charge in [-0.3, -0.25) is 16.0 Å². The second kappa shape index (κ2) is 5.77. The van der Waals surface area contributed by atoms with Gasteiger partial charge < -0.3 is 10.7 Å². The van der Waals surface area contributed by atoms with Crippen LogP contribution in [0, 0.1) is 17.0 Å². The summed E-state index contributed by atoms with van der Waals surface area (Å²) in [4.78, 5) is 10.7. The van der Waals surface area contributed by atoms with Gasteiger partial charge in [0.2, 0.25) is 0 Å². The quantitative estimate of drug-likeness (QED) is 0.455. The molecule has 0 amide bonds. The average Bonchev–Trinajstić information content (AvgIpc) is 2.42. The van der Waals surface area contributed by atoms with E-state index in [0.29, 0.717) is 16.4 Å². The summed E-state index contributed by atoms with van der Waals surface area (Å²) in [6.45, 7) is 1.88. The normalized spacial score (nSPS) is 10.2. The molecule has 6 nitrogen and oxygen atoms in total. The monoisotopic (exact) mass is 292 g/mol. The van der Waals surface area contributed by atoms with Gasteiger partial charge in [0.1, 0.15) is 11.4 Å². The lowest BCUT2D eigenvalue weighted by Gasteiger charge is -2.10. The molecule has 0 atom stereocenters. The Kier molecular flexibility index (Phi) is 4.07. The zero-order valence-corrected chi connectivity index (χ0v) is 11.4. The van der Waals surface area contributed by atoms with Crippen LogP contribution >= 0.6 is 11.6 Å². The molecule has 0 aliphatic heterocycles. The number of nitrogens with zero attached hydrogens (tertiary/aromatic N) is 1. The molecule has 0 aliphatic carbocycles. The first-order valence-corrected chi connectivity index (χ1v) is 6.18. The zero-order chi connectivity index (χ0) is 14.7. The highest BCUT2D eigenvalue weighted by molar-refractivity contribution is 6.31. The van der Waals surface area contributed by atoms with E-state index in [9.17, 15) is 10.1 Å². The Hall–Kier alpha value is -2.31. The van der Waals surface area contributed by atoms with Gasteiger partial charge >= 0.3 is 5.69 Å². The molecule has 0 bridgehead atoms. The number of nitrogens with one attached hydrogen (secondary N) is 2. The molecule has 0 saturated heterocycles. The van der Waals surface area contributed by atoms with Crippen LogP contribution in [0.3, 0.4) is 0 Å². The Bertz CT molecular complexity index is 661. The zero-order valence-electron chi connectivity index (χ0n) is 10.7. The number of aryl methyl sites for hydroxylation is 1. The number of benzene rings is 2. The molecule has 2 rings (SSSR count). The lowest BCUT2D eigenvalue weighted by Crippen LogP contribution is -2.10. The second-order valence-electron chi connectivity index (χ2n) is 4.19. The van der Waals surface area contributed by atoms with Crippen LogP contribution in [0.2, 0.25) is 5.02 Å². The van der Waals surface area contributed by atoms with Crippen molar-refractivity contribution >= 4 is 34.4 Å². The molecular formula is C13H13ClN4O2. The molecule has 0 spiro atoms. The fourth-order valence-electron chi connectivity index (χ4n) is 1.78. The molecular weight excluding hydrogens is 280 g/mol. The first-order chi connectivity index (χ1) is 9.52. The molecule has 104 valence electrons. The summed E-state index contributed by atoms with van der Waals surface area (Å²) in [5.74, 6) is 5.29. The van der Waals surface area contributed by atoms with E-state index in [1.165, 1.54) is 6.07 Å². The smallest absolute Gasteiger partial charge is 0.316 e. The lowest BCUT2D eigenvalue weighted by molar-refractivity contribution is -0.383. The first kappa shape index (κ1) is 14.1. The Morgan fingerprint density at radius 1 is 1.25 bits per heavy atom. The largest absolute Gasteiger partial charge is 0.350 e. The molecule has 2 aromatic carbocycles. The van der Waals surface area contributed by atoms with Crippen LogP contribution in [0.4, 0.5) is 22.7 Å². The van der Waals surface area contributed by atoms with Crippen molar-refractivity contribution in [2.45, 2.75) is 6.92 Å². The molecule has 0 aliphatic rings. The lowest BCUT2D eigenvalue weighted by atomic mass is 10.2. The minimum absolute atomic E-state index is 0.119. The van der Waals surface area contributed by atoms with Crippen molar-refractivity contribution in [1.82, 2.24) is 0 Å². The van der Waals surface area contributed by atoms with Gasteiger partial charge in [-0.15, -0.1) is 0 Å². The van der Waals surface area contributed by atoms with Gasteiger partial charge in [-0.05, 0) is 36.8 Å². The molecule has 0 unspecified atom stereocenters. The van der Waals surface area contributed by atoms with E-state index in [4.69, 9.17) is 17.4 Å². The van der Waals surface area contributed by atoms with Gasteiger partial charge in [-0.25, -0.2) is 0 Å². The Balaban J connectivity index is 2.42. The van der Waals surface area contributed by atoms with Gasteiger partial charge in [0.15, 0.2) is 0 Å². The van der Waals surface area contributed by atoms with E-state index in [-0.39, 0.29) is 11.4 Å². The van der Waals surface area contributed by atoms with Crippen LogP contribution in [-0.4, -0.2) is 4.92 Å². The van der Waals surface area contributed by atoms with Crippen LogP contribution in [0.25, 0.3) is 0 Å². The van der Waals surface area contributed by atoms with E-state index < -0.39 is 4.92 Å². The third-order valence-electron chi connectivity index (χ3n) is 2.82. The highest BCUT2D eigenvalue weighted by Gasteiger charge is 2.19. The van der Waals surface area contributed by atoms with Crippen LogP contribution in [0.15, 0.2) is 36.4 Å². The summed E-state index contributed by atoms with van der Waals surface area (Å²) in [6, 6.07) is 10.1. The predicted molar refractivity (Wildman–Crippen MR) is 80.4 cm³/mol. The van der Waals surface area contributed by atoms with Gasteiger partial charge in [-0.1, -0.05) is 23.7 Å². The third kappa shape index (κ3) is 2.81. The maximum atomic E-state index is 11.2. The Morgan fingerprint density at radius 2 is 1.95 bits per heavy atom. The number of anilines is 3. The SMILES string of the molecule is Cc1ccc(Nc2cccc(NN)c2[N+](=O)[O-])cc1Cl. The number of hydrogen-bond acceptors (Lipinski definition) is 5. The molecule has 4 N–H and O–H groups in total. The van der Waals surface area contributed by atoms with Crippen molar-refractivity contribution in [3.05, 3.63) is 57.1 Å². The van der Waals surface area contributed by atoms with E-state index in [1.807, 2.05) is 13.0 Å². The van der Waals surface area contributed by atoms with Crippen molar-refractivity contribution in [2.75, 3.05) is 10.7 Å². The number of nitrogens with two attached hydrogens (primary N) is 1. The molecule has 7 heteroatoms. The highest BCUT2D eigenvalue weighted by atomic mass is 35.5. The van der Waals surface area contributed by atoms with E-state index in [1.54, 1.807) is 24.3 Å². The molecule has 20 heavy (non-hydrogen) atoms. The minimum Gasteiger partial charge on any atom is -0.350 e. The van der Waals surface area contributed by atoms with Crippen molar-refractivity contribution in [1.29, 1.82) is 0 Å². The predicted octanol–water partition coefficient (Wildman–Crippen LogP) is 3.59. The van der Waals surface area contributed by atoms with Crippen molar-refractivity contribution in [2.24, 2.45) is 5.84 Å². The summed E-state index contributed by atoms with van der Waals surface area (Å²) in [5.41, 5.74) is 4.37. The van der Waals surface area contributed by atoms with E-state index in [2.05, 4.69) is 10.7 Å². The first-order valence-electron chi connectivity index (χ1n) is 5.80. The number of nitro benzene ring substituents is 1. The number of para-hydroxylation sites is 1. The number of nitrogen functional groups attached to an aromatic ring is 1. The summed E-state index contributed by atoms with van der Waals surface area (Å²) in [6.07, 6.45) is 0. The van der Waals surface area contributed by atoms with E-state index in [0.717, 1.165) is 5.56 Å². The molecule has 2 aromatic rings. The van der Waals surface area contributed by atoms with E-state index >= 15 is 0 Å². The van der Waals surface area contributed by atoms with Gasteiger partial charge in [0.05, 0.1) is 4.92 Å². The average molecular weight is 293 g/mol. The summed E-state index contributed by atoms with van der Waals surface area (Å²) in [7, 11) is 0. The molecule has 0 heterocycles. The minimum atomic E-state index is -0.493. The van der Waals surface area contributed by atoms with Crippen LogP contribution in [0.5, 0.6) is 0 Å². The standard InChI is InChI=1S/C13H13ClN4O2/c1-8-5-6-9(7-10(8)14)16-11-3-2-4-12(17-15)13(11)18(19)20/h2-7,16-17H,15H2,1H3. The fraction of sp³-hybridized carbons (Fsp3) is 0.0769. The summed E-state index contributed by atoms with van der Waals surface area (Å²) >= 11 is 6.03. The van der Waals surface area contributed by atoms with Crippen molar-refractivity contribution < 1.29 is 4.92 Å². The summed E-state index contributed by atoms with van der Waals surface area (Å²) in [5, 5.41) is 14.7. The number of rotatable bonds is 4. The molecule has 0 fully saturated rings. The topological polar surface area (TPSA) is 93.2 Å². The van der Waals surface area contributed by atoms with Crippen LogP contribution in [-0.2, 0) is 0 Å². The van der Waals surface area contributed by atoms with Gasteiger partial charge in [-0.2, -0.15) is 0 Å². The summed E-state index contributed by atoms with van der Waals surface area (Å²) < 4.78 is 0. The Labute approximate surface area is 120 Å². The fourth-order valence-corrected chi connectivity index (χ4v) is 1.96. The third-order valence-corrected chi connectivity index (χ3v) is 3.23. The van der Waals surface area contributed by atoms with Crippen molar-refractivity contribution in [3.63, 3.8) is 0 Å². The maximum Gasteiger partial charge on any atom is 0.316 e. The van der Waals surface area contributed by atoms with Gasteiger partial charge in [0.25, 0.3) is 0 Å². The van der Waals surface area contributed by atoms with Crippen molar-refractivity contribution in [3.8, 4) is 0 Å². The number of halogens is 1.